The van der Waals surface area contributed by atoms with E-state index in [1.165, 1.54) is 24.2 Å². The number of aryl methyl sites for hydroxylation is 2. The Morgan fingerprint density at radius 2 is 2.30 bits per heavy atom. The molecule has 1 saturated heterocycles. The molecule has 0 bridgehead atoms. The third kappa shape index (κ3) is 3.40. The van der Waals surface area contributed by atoms with Crippen LogP contribution < -0.4 is 5.32 Å². The zero-order valence-electron chi connectivity index (χ0n) is 12.6. The van der Waals surface area contributed by atoms with E-state index in [-0.39, 0.29) is 0 Å². The molecule has 1 unspecified atom stereocenters. The summed E-state index contributed by atoms with van der Waals surface area (Å²) < 4.78 is 7.68. The topological polar surface area (TPSA) is 42.3 Å². The summed E-state index contributed by atoms with van der Waals surface area (Å²) in [6, 6.07) is 3.49. The lowest BCUT2D eigenvalue weighted by Crippen LogP contribution is -2.50. The molecule has 1 N–H and O–H groups in total. The first kappa shape index (κ1) is 14.0. The Kier molecular flexibility index (Phi) is 4.38. The average molecular weight is 278 g/mol. The van der Waals surface area contributed by atoms with Gasteiger partial charge >= 0.3 is 0 Å². The van der Waals surface area contributed by atoms with Gasteiger partial charge in [0.1, 0.15) is 0 Å². The molecule has 20 heavy (non-hydrogen) atoms. The second kappa shape index (κ2) is 6.24. The first-order valence-corrected chi connectivity index (χ1v) is 7.83. The van der Waals surface area contributed by atoms with Gasteiger partial charge in [-0.05, 0) is 25.3 Å². The molecule has 1 aromatic heterocycles. The SMILES string of the molecule is CCc1cc(CN2CCOCC2CNC2CC2)n(C)n1. The molecule has 0 radical (unpaired) electrons. The fraction of sp³-hybridized carbons (Fsp3) is 0.800. The lowest BCUT2D eigenvalue weighted by molar-refractivity contribution is -0.0120. The molecule has 0 spiro atoms. The normalized spacial score (nSPS) is 24.2. The van der Waals surface area contributed by atoms with Crippen LogP contribution in [0.2, 0.25) is 0 Å². The maximum absolute atomic E-state index is 5.66. The first-order valence-electron chi connectivity index (χ1n) is 7.83. The lowest BCUT2D eigenvalue weighted by atomic mass is 10.2. The summed E-state index contributed by atoms with van der Waals surface area (Å²) in [5.41, 5.74) is 2.49. The van der Waals surface area contributed by atoms with Crippen molar-refractivity contribution in [2.75, 3.05) is 26.3 Å². The standard InChI is InChI=1S/C15H26N4O/c1-3-12-8-14(18(2)17-12)10-19-6-7-20-11-15(19)9-16-13-4-5-13/h8,13,15-16H,3-7,9-11H2,1-2H3. The highest BCUT2D eigenvalue weighted by Gasteiger charge is 2.27. The zero-order chi connectivity index (χ0) is 13.9. The number of hydrogen-bond acceptors (Lipinski definition) is 4. The highest BCUT2D eigenvalue weighted by Crippen LogP contribution is 2.19. The Balaban J connectivity index is 1.61. The van der Waals surface area contributed by atoms with Crippen LogP contribution in [-0.4, -0.2) is 53.1 Å². The number of hydrogen-bond donors (Lipinski definition) is 1. The number of ether oxygens (including phenoxy) is 1. The van der Waals surface area contributed by atoms with E-state index < -0.39 is 0 Å². The zero-order valence-corrected chi connectivity index (χ0v) is 12.6. The van der Waals surface area contributed by atoms with Crippen molar-refractivity contribution < 1.29 is 4.74 Å². The molecule has 1 aromatic rings. The van der Waals surface area contributed by atoms with Crippen molar-refractivity contribution >= 4 is 0 Å². The summed E-state index contributed by atoms with van der Waals surface area (Å²) in [5, 5.41) is 8.18. The molecule has 1 saturated carbocycles. The van der Waals surface area contributed by atoms with Crippen LogP contribution in [0.3, 0.4) is 0 Å². The van der Waals surface area contributed by atoms with Gasteiger partial charge in [-0.25, -0.2) is 0 Å². The molecule has 0 aromatic carbocycles. The Labute approximate surface area is 121 Å². The van der Waals surface area contributed by atoms with E-state index >= 15 is 0 Å². The predicted molar refractivity (Wildman–Crippen MR) is 78.6 cm³/mol. The van der Waals surface area contributed by atoms with Crippen LogP contribution in [0.4, 0.5) is 0 Å². The Hall–Kier alpha value is -0.910. The second-order valence-corrected chi connectivity index (χ2v) is 5.99. The van der Waals surface area contributed by atoms with E-state index in [9.17, 15) is 0 Å². The number of morpholine rings is 1. The number of aromatic nitrogens is 2. The van der Waals surface area contributed by atoms with E-state index in [0.29, 0.717) is 6.04 Å². The van der Waals surface area contributed by atoms with E-state index in [4.69, 9.17) is 4.74 Å². The van der Waals surface area contributed by atoms with Crippen LogP contribution in [-0.2, 0) is 24.8 Å². The number of rotatable bonds is 6. The van der Waals surface area contributed by atoms with Crippen LogP contribution in [0.15, 0.2) is 6.07 Å². The molecule has 5 heteroatoms. The molecule has 1 aliphatic heterocycles. The van der Waals surface area contributed by atoms with E-state index in [1.807, 2.05) is 11.7 Å². The lowest BCUT2D eigenvalue weighted by Gasteiger charge is -2.35. The van der Waals surface area contributed by atoms with Gasteiger partial charge in [0.2, 0.25) is 0 Å². The highest BCUT2D eigenvalue weighted by molar-refractivity contribution is 5.10. The van der Waals surface area contributed by atoms with Gasteiger partial charge in [-0.15, -0.1) is 0 Å². The Morgan fingerprint density at radius 1 is 1.45 bits per heavy atom. The molecular weight excluding hydrogens is 252 g/mol. The minimum atomic E-state index is 0.490. The van der Waals surface area contributed by atoms with Crippen LogP contribution in [0.1, 0.15) is 31.2 Å². The molecule has 0 amide bonds. The molecule has 2 heterocycles. The van der Waals surface area contributed by atoms with E-state index in [0.717, 1.165) is 45.3 Å². The summed E-state index contributed by atoms with van der Waals surface area (Å²) in [6.45, 7) is 6.89. The molecule has 2 aliphatic rings. The molecule has 1 atom stereocenters. The van der Waals surface area contributed by atoms with Crippen molar-refractivity contribution in [3.05, 3.63) is 17.5 Å². The fourth-order valence-corrected chi connectivity index (χ4v) is 2.78. The van der Waals surface area contributed by atoms with Crippen molar-refractivity contribution in [1.82, 2.24) is 20.0 Å². The molecule has 3 rings (SSSR count). The average Bonchev–Trinajstić information content (AvgIpc) is 3.22. The summed E-state index contributed by atoms with van der Waals surface area (Å²) >= 11 is 0. The van der Waals surface area contributed by atoms with E-state index in [2.05, 4.69) is 28.3 Å². The van der Waals surface area contributed by atoms with Gasteiger partial charge in [0.25, 0.3) is 0 Å². The Morgan fingerprint density at radius 3 is 3.00 bits per heavy atom. The smallest absolute Gasteiger partial charge is 0.0635 e. The van der Waals surface area contributed by atoms with Crippen molar-refractivity contribution in [3.8, 4) is 0 Å². The van der Waals surface area contributed by atoms with E-state index in [1.54, 1.807) is 0 Å². The number of nitrogens with one attached hydrogen (secondary N) is 1. The molecule has 2 fully saturated rings. The minimum Gasteiger partial charge on any atom is -0.378 e. The van der Waals surface area contributed by atoms with Crippen molar-refractivity contribution in [2.45, 2.75) is 44.8 Å². The highest BCUT2D eigenvalue weighted by atomic mass is 16.5. The van der Waals surface area contributed by atoms with Crippen molar-refractivity contribution in [2.24, 2.45) is 7.05 Å². The van der Waals surface area contributed by atoms with Gasteiger partial charge in [0, 0.05) is 38.8 Å². The summed E-state index contributed by atoms with van der Waals surface area (Å²) in [7, 11) is 2.05. The van der Waals surface area contributed by atoms with Gasteiger partial charge in [-0.2, -0.15) is 5.10 Å². The largest absolute Gasteiger partial charge is 0.378 e. The van der Waals surface area contributed by atoms with Gasteiger partial charge in [-0.3, -0.25) is 9.58 Å². The van der Waals surface area contributed by atoms with Crippen molar-refractivity contribution in [1.29, 1.82) is 0 Å². The third-order valence-electron chi connectivity index (χ3n) is 4.32. The quantitative estimate of drug-likeness (QED) is 0.841. The summed E-state index contributed by atoms with van der Waals surface area (Å²) in [4.78, 5) is 2.54. The van der Waals surface area contributed by atoms with Crippen LogP contribution in [0.25, 0.3) is 0 Å². The monoisotopic (exact) mass is 278 g/mol. The van der Waals surface area contributed by atoms with Crippen molar-refractivity contribution in [3.63, 3.8) is 0 Å². The summed E-state index contributed by atoms with van der Waals surface area (Å²) in [5.74, 6) is 0. The van der Waals surface area contributed by atoms with Gasteiger partial charge in [0.05, 0.1) is 24.6 Å². The second-order valence-electron chi connectivity index (χ2n) is 5.99. The molecule has 112 valence electrons. The predicted octanol–water partition coefficient (Wildman–Crippen LogP) is 0.935. The molecule has 5 nitrogen and oxygen atoms in total. The maximum Gasteiger partial charge on any atom is 0.0635 e. The molecule has 1 aliphatic carbocycles. The number of nitrogens with zero attached hydrogens (tertiary/aromatic N) is 3. The third-order valence-corrected chi connectivity index (χ3v) is 4.32. The van der Waals surface area contributed by atoms with Crippen LogP contribution in [0.5, 0.6) is 0 Å². The Bertz CT molecular complexity index is 441. The summed E-state index contributed by atoms with van der Waals surface area (Å²) in [6.07, 6.45) is 3.69. The van der Waals surface area contributed by atoms with Gasteiger partial charge < -0.3 is 10.1 Å². The molecular formula is C15H26N4O. The van der Waals surface area contributed by atoms with Crippen LogP contribution in [0, 0.1) is 0 Å². The van der Waals surface area contributed by atoms with Crippen LogP contribution >= 0.6 is 0 Å². The fourth-order valence-electron chi connectivity index (χ4n) is 2.78. The first-order chi connectivity index (χ1) is 9.76. The minimum absolute atomic E-state index is 0.490. The van der Waals surface area contributed by atoms with Gasteiger partial charge in [0.15, 0.2) is 0 Å². The van der Waals surface area contributed by atoms with Gasteiger partial charge in [-0.1, -0.05) is 6.92 Å². The maximum atomic E-state index is 5.66.